The molecule has 0 spiro atoms. The first-order chi connectivity index (χ1) is 8.36. The zero-order chi connectivity index (χ0) is 13.5. The molecule has 3 aliphatic heterocycles. The number of rotatable bonds is 4. The van der Waals surface area contributed by atoms with Gasteiger partial charge in [0.05, 0.1) is 25.2 Å². The van der Waals surface area contributed by atoms with E-state index in [0.717, 1.165) is 17.6 Å². The van der Waals surface area contributed by atoms with Crippen molar-refractivity contribution in [2.75, 3.05) is 19.6 Å². The van der Waals surface area contributed by atoms with Gasteiger partial charge in [-0.25, -0.2) is 4.79 Å². The number of piperidine rings is 2. The van der Waals surface area contributed by atoms with E-state index in [0.29, 0.717) is 30.7 Å². The van der Waals surface area contributed by atoms with E-state index in [1.807, 2.05) is 0 Å². The average Bonchev–Trinajstić information content (AvgIpc) is 2.28. The van der Waals surface area contributed by atoms with Crippen molar-refractivity contribution in [1.82, 2.24) is 4.90 Å². The van der Waals surface area contributed by atoms with Crippen LogP contribution in [0.1, 0.15) is 40.5 Å². The molecule has 2 bridgehead atoms. The highest BCUT2D eigenvalue weighted by atomic mass is 16.4. The average molecular weight is 255 g/mol. The summed E-state index contributed by atoms with van der Waals surface area (Å²) < 4.78 is 0.795. The lowest BCUT2D eigenvalue weighted by atomic mass is 9.85. The molecule has 0 aromatic heterocycles. The molecule has 3 heterocycles. The molecule has 18 heavy (non-hydrogen) atoms. The molecule has 0 aliphatic carbocycles. The van der Waals surface area contributed by atoms with Crippen LogP contribution in [0.5, 0.6) is 0 Å². The maximum Gasteiger partial charge on any atom is 0.359 e. The number of aliphatic carboxylic acids is 1. The Labute approximate surface area is 110 Å². The largest absolute Gasteiger partial charge is 0.477 e. The van der Waals surface area contributed by atoms with Crippen molar-refractivity contribution in [1.29, 1.82) is 0 Å². The van der Waals surface area contributed by atoms with Gasteiger partial charge in [0.25, 0.3) is 0 Å². The molecule has 0 aromatic rings. The summed E-state index contributed by atoms with van der Waals surface area (Å²) in [5.74, 6) is -0.646. The van der Waals surface area contributed by atoms with Crippen LogP contribution in [0.25, 0.3) is 0 Å². The minimum atomic E-state index is -0.646. The molecule has 3 saturated heterocycles. The number of carbonyl (C=O) groups is 1. The molecule has 1 N–H and O–H groups in total. The third kappa shape index (κ3) is 2.16. The van der Waals surface area contributed by atoms with Crippen molar-refractivity contribution < 1.29 is 14.4 Å². The lowest BCUT2D eigenvalue weighted by molar-refractivity contribution is -0.975. The normalized spacial score (nSPS) is 36.6. The van der Waals surface area contributed by atoms with Crippen molar-refractivity contribution in [3.05, 3.63) is 0 Å². The van der Waals surface area contributed by atoms with Crippen LogP contribution in [0.3, 0.4) is 0 Å². The number of hydrogen-bond donors (Lipinski definition) is 1. The zero-order valence-electron chi connectivity index (χ0n) is 12.1. The fourth-order valence-electron chi connectivity index (χ4n) is 4.08. The number of carboxylic acids is 1. The highest BCUT2D eigenvalue weighted by molar-refractivity contribution is 5.68. The van der Waals surface area contributed by atoms with Gasteiger partial charge in [-0.1, -0.05) is 0 Å². The molecule has 0 amide bonds. The van der Waals surface area contributed by atoms with Crippen LogP contribution in [0.15, 0.2) is 0 Å². The van der Waals surface area contributed by atoms with E-state index < -0.39 is 5.97 Å². The molecule has 3 atom stereocenters. The van der Waals surface area contributed by atoms with Gasteiger partial charge in [-0.3, -0.25) is 4.90 Å². The van der Waals surface area contributed by atoms with Crippen molar-refractivity contribution >= 4 is 5.97 Å². The topological polar surface area (TPSA) is 40.5 Å². The Kier molecular flexibility index (Phi) is 3.70. The number of fused-ring (bicyclic) bond motifs is 3. The Bertz CT molecular complexity index is 330. The summed E-state index contributed by atoms with van der Waals surface area (Å²) in [6.07, 6.45) is 2.44. The molecule has 3 fully saturated rings. The monoisotopic (exact) mass is 255 g/mol. The zero-order valence-corrected chi connectivity index (χ0v) is 12.1. The molecular weight excluding hydrogens is 228 g/mol. The van der Waals surface area contributed by atoms with Crippen LogP contribution in [-0.2, 0) is 4.79 Å². The molecular formula is C14H27N2O2+. The van der Waals surface area contributed by atoms with E-state index in [1.165, 1.54) is 12.8 Å². The fourth-order valence-corrected chi connectivity index (χ4v) is 4.08. The molecule has 4 nitrogen and oxygen atoms in total. The summed E-state index contributed by atoms with van der Waals surface area (Å²) in [6.45, 7) is 11.3. The Hall–Kier alpha value is -0.610. The van der Waals surface area contributed by atoms with Gasteiger partial charge in [0.2, 0.25) is 0 Å². The maximum atomic E-state index is 11.2. The predicted octanol–water partition coefficient (Wildman–Crippen LogP) is 1.55. The summed E-state index contributed by atoms with van der Waals surface area (Å²) in [5, 5.41) is 9.25. The van der Waals surface area contributed by atoms with Gasteiger partial charge in [-0.15, -0.1) is 0 Å². The molecule has 1 unspecified atom stereocenters. The predicted molar refractivity (Wildman–Crippen MR) is 71.4 cm³/mol. The van der Waals surface area contributed by atoms with E-state index in [2.05, 4.69) is 32.6 Å². The first kappa shape index (κ1) is 13.8. The van der Waals surface area contributed by atoms with Crippen molar-refractivity contribution in [3.8, 4) is 0 Å². The minimum absolute atomic E-state index is 0.296. The highest BCUT2D eigenvalue weighted by Crippen LogP contribution is 2.37. The Morgan fingerprint density at radius 2 is 2.00 bits per heavy atom. The van der Waals surface area contributed by atoms with Gasteiger partial charge < -0.3 is 9.59 Å². The Balaban J connectivity index is 2.23. The van der Waals surface area contributed by atoms with Gasteiger partial charge in [-0.05, 0) is 34.1 Å². The fraction of sp³-hybridized carbons (Fsp3) is 0.929. The Morgan fingerprint density at radius 1 is 1.33 bits per heavy atom. The highest BCUT2D eigenvalue weighted by Gasteiger charge is 2.53. The number of piperazine rings is 1. The van der Waals surface area contributed by atoms with Crippen LogP contribution < -0.4 is 0 Å². The minimum Gasteiger partial charge on any atom is -0.477 e. The van der Waals surface area contributed by atoms with Crippen molar-refractivity contribution in [2.24, 2.45) is 0 Å². The second-order valence-corrected chi connectivity index (χ2v) is 6.61. The van der Waals surface area contributed by atoms with Crippen LogP contribution in [0, 0.1) is 0 Å². The van der Waals surface area contributed by atoms with E-state index >= 15 is 0 Å². The summed E-state index contributed by atoms with van der Waals surface area (Å²) in [5.41, 5.74) is 0. The molecule has 3 rings (SSSR count). The summed E-state index contributed by atoms with van der Waals surface area (Å²) >= 11 is 0. The molecule has 0 saturated carbocycles. The first-order valence-corrected chi connectivity index (χ1v) is 7.21. The van der Waals surface area contributed by atoms with Crippen LogP contribution in [0.2, 0.25) is 0 Å². The van der Waals surface area contributed by atoms with E-state index in [-0.39, 0.29) is 0 Å². The van der Waals surface area contributed by atoms with Crippen LogP contribution in [0.4, 0.5) is 0 Å². The maximum absolute atomic E-state index is 11.2. The van der Waals surface area contributed by atoms with Gasteiger partial charge in [-0.2, -0.15) is 0 Å². The molecule has 4 heteroatoms. The molecule has 0 aromatic carbocycles. The standard InChI is InChI=1S/C14H26N2O2/c1-10(2)15-7-13-6-5-12(15)8-16(13,11(3)4)9-14(17)18/h10-13H,5-9H2,1-4H3/p+1/t12-,13-,16?/m0/s1. The van der Waals surface area contributed by atoms with E-state index in [9.17, 15) is 9.90 Å². The molecule has 0 radical (unpaired) electrons. The third-order valence-electron chi connectivity index (χ3n) is 5.12. The van der Waals surface area contributed by atoms with Crippen LogP contribution in [-0.4, -0.2) is 64.3 Å². The second-order valence-electron chi connectivity index (χ2n) is 6.61. The van der Waals surface area contributed by atoms with Crippen molar-refractivity contribution in [2.45, 2.75) is 64.7 Å². The second kappa shape index (κ2) is 4.82. The number of hydrogen-bond acceptors (Lipinski definition) is 2. The third-order valence-corrected chi connectivity index (χ3v) is 5.12. The van der Waals surface area contributed by atoms with Gasteiger partial charge in [0.1, 0.15) is 6.04 Å². The number of quaternary nitrogens is 1. The smallest absolute Gasteiger partial charge is 0.359 e. The summed E-state index contributed by atoms with van der Waals surface area (Å²) in [6, 6.07) is 2.07. The molecule has 3 aliphatic rings. The van der Waals surface area contributed by atoms with E-state index in [1.54, 1.807) is 0 Å². The van der Waals surface area contributed by atoms with Gasteiger partial charge in [0, 0.05) is 12.5 Å². The molecule has 104 valence electrons. The lowest BCUT2D eigenvalue weighted by Crippen LogP contribution is -2.75. The lowest BCUT2D eigenvalue weighted by Gasteiger charge is -2.59. The number of carboxylic acid groups (broad SMARTS) is 1. The Morgan fingerprint density at radius 3 is 2.39 bits per heavy atom. The van der Waals surface area contributed by atoms with Crippen molar-refractivity contribution in [3.63, 3.8) is 0 Å². The van der Waals surface area contributed by atoms with Crippen LogP contribution >= 0.6 is 0 Å². The van der Waals surface area contributed by atoms with Gasteiger partial charge in [0.15, 0.2) is 6.54 Å². The summed E-state index contributed by atoms with van der Waals surface area (Å²) in [7, 11) is 0. The van der Waals surface area contributed by atoms with Gasteiger partial charge >= 0.3 is 5.97 Å². The number of nitrogens with zero attached hydrogens (tertiary/aromatic N) is 2. The van der Waals surface area contributed by atoms with E-state index in [4.69, 9.17) is 0 Å². The SMILES string of the molecule is CC(C)N1C[C@@H]2CC[C@H]1C[N+]2(CC(=O)O)C(C)C. The first-order valence-electron chi connectivity index (χ1n) is 7.21. The summed E-state index contributed by atoms with van der Waals surface area (Å²) in [4.78, 5) is 13.8. The quantitative estimate of drug-likeness (QED) is 0.775.